The Morgan fingerprint density at radius 1 is 1.00 bits per heavy atom. The molecule has 1 N–H and O–H groups in total. The van der Waals surface area contributed by atoms with E-state index in [0.29, 0.717) is 37.8 Å². The Balaban J connectivity index is 1.43. The van der Waals surface area contributed by atoms with Crippen LogP contribution >= 0.6 is 0 Å². The highest BCUT2D eigenvalue weighted by Crippen LogP contribution is 2.26. The molecule has 0 aliphatic carbocycles. The number of aromatic nitrogens is 1. The van der Waals surface area contributed by atoms with Crippen molar-refractivity contribution in [3.8, 4) is 17.2 Å². The summed E-state index contributed by atoms with van der Waals surface area (Å²) < 4.78 is 22.3. The molecule has 0 saturated carbocycles. The van der Waals surface area contributed by atoms with E-state index in [0.717, 1.165) is 28.3 Å². The monoisotopic (exact) mass is 440 g/mol. The van der Waals surface area contributed by atoms with Gasteiger partial charge in [-0.05, 0) is 57.6 Å². The van der Waals surface area contributed by atoms with Crippen molar-refractivity contribution in [2.45, 2.75) is 40.0 Å². The van der Waals surface area contributed by atoms with Crippen molar-refractivity contribution in [1.29, 1.82) is 0 Å². The van der Waals surface area contributed by atoms with Crippen molar-refractivity contribution < 1.29 is 23.8 Å². The van der Waals surface area contributed by atoms with Gasteiger partial charge in [-0.25, -0.2) is 0 Å². The zero-order valence-electron chi connectivity index (χ0n) is 19.2. The first-order valence-corrected chi connectivity index (χ1v) is 10.8. The molecule has 0 spiro atoms. The first kappa shape index (κ1) is 23.6. The summed E-state index contributed by atoms with van der Waals surface area (Å²) in [5.41, 5.74) is 2.96. The number of hydrogen-bond acceptors (Lipinski definition) is 7. The molecule has 0 unspecified atom stereocenters. The SMILES string of the molecule is CCOc1ccccc1OC[C@@H](O)CN(C)Cc1ccc(OCc2c(C)noc2C)cc1. The highest BCUT2D eigenvalue weighted by Gasteiger charge is 2.12. The fourth-order valence-electron chi connectivity index (χ4n) is 3.37. The van der Waals surface area contributed by atoms with Crippen LogP contribution in [0, 0.1) is 13.8 Å². The second-order valence-electron chi connectivity index (χ2n) is 7.78. The predicted molar refractivity (Wildman–Crippen MR) is 122 cm³/mol. The van der Waals surface area contributed by atoms with E-state index in [1.165, 1.54) is 0 Å². The summed E-state index contributed by atoms with van der Waals surface area (Å²) in [7, 11) is 1.97. The van der Waals surface area contributed by atoms with Crippen LogP contribution in [0.3, 0.4) is 0 Å². The van der Waals surface area contributed by atoms with E-state index in [9.17, 15) is 5.11 Å². The normalized spacial score (nSPS) is 12.1. The molecule has 3 aromatic rings. The smallest absolute Gasteiger partial charge is 0.161 e. The van der Waals surface area contributed by atoms with Crippen LogP contribution < -0.4 is 14.2 Å². The molecule has 172 valence electrons. The first-order valence-electron chi connectivity index (χ1n) is 10.8. The van der Waals surface area contributed by atoms with Crippen LogP contribution in [0.25, 0.3) is 0 Å². The fourth-order valence-corrected chi connectivity index (χ4v) is 3.37. The zero-order chi connectivity index (χ0) is 22.9. The molecule has 3 rings (SSSR count). The molecule has 0 aliphatic rings. The Kier molecular flexibility index (Phi) is 8.53. The number of benzene rings is 2. The van der Waals surface area contributed by atoms with E-state index in [1.807, 2.05) is 76.3 Å². The quantitative estimate of drug-likeness (QED) is 0.453. The molecule has 0 amide bonds. The summed E-state index contributed by atoms with van der Waals surface area (Å²) in [6, 6.07) is 15.4. The number of aliphatic hydroxyl groups is 1. The summed E-state index contributed by atoms with van der Waals surface area (Å²) in [6.45, 7) is 8.10. The number of ether oxygens (including phenoxy) is 3. The Labute approximate surface area is 189 Å². The van der Waals surface area contributed by atoms with E-state index in [4.69, 9.17) is 18.7 Å². The Bertz CT molecular complexity index is 951. The lowest BCUT2D eigenvalue weighted by Crippen LogP contribution is -2.32. The third-order valence-electron chi connectivity index (χ3n) is 5.04. The van der Waals surface area contributed by atoms with Crippen molar-refractivity contribution in [2.24, 2.45) is 0 Å². The van der Waals surface area contributed by atoms with Crippen LogP contribution in [-0.4, -0.2) is 48.1 Å². The minimum Gasteiger partial charge on any atom is -0.490 e. The van der Waals surface area contributed by atoms with Gasteiger partial charge in [-0.1, -0.05) is 29.4 Å². The Morgan fingerprint density at radius 2 is 1.69 bits per heavy atom. The molecule has 1 aromatic heterocycles. The Hall–Kier alpha value is -3.03. The predicted octanol–water partition coefficient (Wildman–Crippen LogP) is 4.14. The van der Waals surface area contributed by atoms with Crippen molar-refractivity contribution in [3.63, 3.8) is 0 Å². The van der Waals surface area contributed by atoms with Crippen LogP contribution in [0.4, 0.5) is 0 Å². The van der Waals surface area contributed by atoms with Crippen molar-refractivity contribution >= 4 is 0 Å². The second kappa shape index (κ2) is 11.5. The third kappa shape index (κ3) is 6.73. The van der Waals surface area contributed by atoms with E-state index in [2.05, 4.69) is 10.1 Å². The molecule has 0 radical (unpaired) electrons. The van der Waals surface area contributed by atoms with Gasteiger partial charge >= 0.3 is 0 Å². The number of rotatable bonds is 12. The third-order valence-corrected chi connectivity index (χ3v) is 5.04. The maximum absolute atomic E-state index is 10.4. The van der Waals surface area contributed by atoms with E-state index in [-0.39, 0.29) is 6.61 Å². The van der Waals surface area contributed by atoms with Gasteiger partial charge in [-0.15, -0.1) is 0 Å². The van der Waals surface area contributed by atoms with Gasteiger partial charge in [0.1, 0.15) is 30.8 Å². The fraction of sp³-hybridized carbons (Fsp3) is 0.400. The molecular formula is C25H32N2O5. The lowest BCUT2D eigenvalue weighted by molar-refractivity contribution is 0.0730. The van der Waals surface area contributed by atoms with Gasteiger partial charge in [0.25, 0.3) is 0 Å². The van der Waals surface area contributed by atoms with Crippen molar-refractivity contribution in [1.82, 2.24) is 10.1 Å². The molecule has 7 nitrogen and oxygen atoms in total. The van der Waals surface area contributed by atoms with Gasteiger partial charge in [-0.2, -0.15) is 0 Å². The van der Waals surface area contributed by atoms with Gasteiger partial charge in [0.2, 0.25) is 0 Å². The van der Waals surface area contributed by atoms with Crippen LogP contribution in [0.5, 0.6) is 17.2 Å². The van der Waals surface area contributed by atoms with Crippen molar-refractivity contribution in [3.05, 3.63) is 71.1 Å². The number of likely N-dealkylation sites (N-methyl/N-ethyl adjacent to an activating group) is 1. The minimum atomic E-state index is -0.618. The van der Waals surface area contributed by atoms with Gasteiger partial charge in [0.15, 0.2) is 11.5 Å². The Morgan fingerprint density at radius 3 is 2.31 bits per heavy atom. The summed E-state index contributed by atoms with van der Waals surface area (Å²) in [4.78, 5) is 2.06. The lowest BCUT2D eigenvalue weighted by atomic mass is 10.2. The van der Waals surface area contributed by atoms with Gasteiger partial charge in [-0.3, -0.25) is 4.90 Å². The van der Waals surface area contributed by atoms with Crippen LogP contribution in [0.2, 0.25) is 0 Å². The standard InChI is InChI=1S/C25H32N2O5/c1-5-29-24-8-6-7-9-25(24)31-16-21(28)15-27(4)14-20-10-12-22(13-11-20)30-17-23-18(2)26-32-19(23)3/h6-13,21,28H,5,14-17H2,1-4H3/t21-/m0/s1. The summed E-state index contributed by atoms with van der Waals surface area (Å²) in [6.07, 6.45) is -0.618. The average molecular weight is 441 g/mol. The van der Waals surface area contributed by atoms with E-state index in [1.54, 1.807) is 0 Å². The molecule has 0 fully saturated rings. The minimum absolute atomic E-state index is 0.197. The molecule has 7 heteroatoms. The molecule has 32 heavy (non-hydrogen) atoms. The molecule has 0 bridgehead atoms. The number of hydrogen-bond donors (Lipinski definition) is 1. The van der Waals surface area contributed by atoms with Crippen molar-refractivity contribution in [2.75, 3.05) is 26.8 Å². The second-order valence-corrected chi connectivity index (χ2v) is 7.78. The molecule has 1 heterocycles. The maximum Gasteiger partial charge on any atom is 0.161 e. The number of para-hydroxylation sites is 2. The topological polar surface area (TPSA) is 77.2 Å². The van der Waals surface area contributed by atoms with Gasteiger partial charge in [0.05, 0.1) is 17.9 Å². The number of aryl methyl sites for hydroxylation is 2. The average Bonchev–Trinajstić information content (AvgIpc) is 3.10. The number of aliphatic hydroxyl groups excluding tert-OH is 1. The van der Waals surface area contributed by atoms with Crippen LogP contribution in [-0.2, 0) is 13.2 Å². The first-order chi connectivity index (χ1) is 15.5. The zero-order valence-corrected chi connectivity index (χ0v) is 19.2. The van der Waals surface area contributed by atoms with Gasteiger partial charge < -0.3 is 23.8 Å². The molecule has 1 atom stereocenters. The van der Waals surface area contributed by atoms with Crippen LogP contribution in [0.15, 0.2) is 53.1 Å². The van der Waals surface area contributed by atoms with E-state index < -0.39 is 6.10 Å². The molecular weight excluding hydrogens is 408 g/mol. The molecule has 0 saturated heterocycles. The summed E-state index contributed by atoms with van der Waals surface area (Å²) in [5, 5.41) is 14.3. The van der Waals surface area contributed by atoms with E-state index >= 15 is 0 Å². The maximum atomic E-state index is 10.4. The van der Waals surface area contributed by atoms with Gasteiger partial charge in [0, 0.05) is 13.1 Å². The number of nitrogens with zero attached hydrogens (tertiary/aromatic N) is 2. The molecule has 0 aliphatic heterocycles. The summed E-state index contributed by atoms with van der Waals surface area (Å²) >= 11 is 0. The lowest BCUT2D eigenvalue weighted by Gasteiger charge is -2.21. The summed E-state index contributed by atoms with van der Waals surface area (Å²) in [5.74, 6) is 2.90. The van der Waals surface area contributed by atoms with Crippen LogP contribution in [0.1, 0.15) is 29.5 Å². The highest BCUT2D eigenvalue weighted by molar-refractivity contribution is 5.39. The molecule has 2 aromatic carbocycles. The largest absolute Gasteiger partial charge is 0.490 e. The highest BCUT2D eigenvalue weighted by atomic mass is 16.5.